The Labute approximate surface area is 60.0 Å². The van der Waals surface area contributed by atoms with Crippen molar-refractivity contribution in [1.29, 1.82) is 0 Å². The van der Waals surface area contributed by atoms with Gasteiger partial charge in [-0.25, -0.2) is 4.79 Å². The minimum atomic E-state index is -0.489. The summed E-state index contributed by atoms with van der Waals surface area (Å²) in [6, 6.07) is 0. The number of ether oxygens (including phenoxy) is 1. The molecule has 0 aliphatic rings. The van der Waals surface area contributed by atoms with E-state index in [0.29, 0.717) is 6.61 Å². The van der Waals surface area contributed by atoms with Crippen LogP contribution in [0, 0.1) is 0 Å². The molecule has 0 spiro atoms. The summed E-state index contributed by atoms with van der Waals surface area (Å²) in [5.74, 6) is -0.489. The predicted octanol–water partition coefficient (Wildman–Crippen LogP) is -0.431. The van der Waals surface area contributed by atoms with Gasteiger partial charge in [-0.2, -0.15) is 0 Å². The summed E-state index contributed by atoms with van der Waals surface area (Å²) in [5, 5.41) is 2.62. The molecule has 0 radical (unpaired) electrons. The number of hydrogen-bond donors (Lipinski definition) is 2. The molecule has 0 saturated heterocycles. The van der Waals surface area contributed by atoms with E-state index >= 15 is 0 Å². The number of rotatable bonds is 3. The summed E-state index contributed by atoms with van der Waals surface area (Å²) in [6.07, 6.45) is 1.39. The summed E-state index contributed by atoms with van der Waals surface area (Å²) in [4.78, 5) is 10.7. The van der Waals surface area contributed by atoms with Gasteiger partial charge in [-0.3, -0.25) is 0 Å². The molecule has 0 saturated carbocycles. The van der Waals surface area contributed by atoms with Crippen LogP contribution in [0.2, 0.25) is 0 Å². The van der Waals surface area contributed by atoms with Crippen molar-refractivity contribution in [2.75, 3.05) is 13.7 Å². The standard InChI is InChI=1S/C6H12N2O2/c1-3-10-6(9)5(7)4-8-2/h4,8H,3,7H2,1-2H3/b5-4-. The molecular formula is C6H12N2O2. The highest BCUT2D eigenvalue weighted by Gasteiger charge is 2.02. The van der Waals surface area contributed by atoms with Crippen molar-refractivity contribution in [3.05, 3.63) is 11.9 Å². The molecule has 0 aliphatic heterocycles. The van der Waals surface area contributed by atoms with Gasteiger partial charge in [-0.1, -0.05) is 0 Å². The highest BCUT2D eigenvalue weighted by Crippen LogP contribution is 1.85. The highest BCUT2D eigenvalue weighted by atomic mass is 16.5. The minimum Gasteiger partial charge on any atom is -0.461 e. The largest absolute Gasteiger partial charge is 0.461 e. The number of hydrogen-bond acceptors (Lipinski definition) is 4. The second-order valence-corrected chi connectivity index (χ2v) is 1.61. The van der Waals surface area contributed by atoms with Crippen molar-refractivity contribution in [2.24, 2.45) is 5.73 Å². The first-order chi connectivity index (χ1) is 4.72. The highest BCUT2D eigenvalue weighted by molar-refractivity contribution is 5.87. The third-order valence-electron chi connectivity index (χ3n) is 0.811. The average Bonchev–Trinajstić information content (AvgIpc) is 1.89. The monoisotopic (exact) mass is 144 g/mol. The molecule has 0 bridgehead atoms. The zero-order valence-corrected chi connectivity index (χ0v) is 6.18. The summed E-state index contributed by atoms with van der Waals surface area (Å²) < 4.78 is 4.58. The Bertz CT molecular complexity index is 143. The van der Waals surface area contributed by atoms with Gasteiger partial charge in [0.05, 0.1) is 6.61 Å². The lowest BCUT2D eigenvalue weighted by atomic mass is 10.5. The van der Waals surface area contributed by atoms with Crippen LogP contribution in [0.5, 0.6) is 0 Å². The zero-order valence-electron chi connectivity index (χ0n) is 6.18. The lowest BCUT2D eigenvalue weighted by molar-refractivity contribution is -0.138. The second-order valence-electron chi connectivity index (χ2n) is 1.61. The van der Waals surface area contributed by atoms with E-state index in [2.05, 4.69) is 10.1 Å². The van der Waals surface area contributed by atoms with Crippen LogP contribution in [0.1, 0.15) is 6.92 Å². The van der Waals surface area contributed by atoms with Gasteiger partial charge < -0.3 is 15.8 Å². The molecule has 0 amide bonds. The molecule has 4 nitrogen and oxygen atoms in total. The van der Waals surface area contributed by atoms with E-state index in [9.17, 15) is 4.79 Å². The lowest BCUT2D eigenvalue weighted by Gasteiger charge is -1.99. The van der Waals surface area contributed by atoms with E-state index in [1.165, 1.54) is 6.20 Å². The fraction of sp³-hybridized carbons (Fsp3) is 0.500. The summed E-state index contributed by atoms with van der Waals surface area (Å²) in [7, 11) is 1.66. The van der Waals surface area contributed by atoms with E-state index in [-0.39, 0.29) is 5.70 Å². The van der Waals surface area contributed by atoms with Crippen molar-refractivity contribution in [3.8, 4) is 0 Å². The maximum atomic E-state index is 10.7. The topological polar surface area (TPSA) is 64.3 Å². The van der Waals surface area contributed by atoms with Crippen LogP contribution < -0.4 is 11.1 Å². The van der Waals surface area contributed by atoms with Crippen LogP contribution in [-0.2, 0) is 9.53 Å². The number of nitrogens with two attached hydrogens (primary N) is 1. The van der Waals surface area contributed by atoms with Crippen LogP contribution in [-0.4, -0.2) is 19.6 Å². The van der Waals surface area contributed by atoms with Crippen LogP contribution in [0.3, 0.4) is 0 Å². The molecule has 0 aromatic rings. The van der Waals surface area contributed by atoms with Gasteiger partial charge in [-0.15, -0.1) is 0 Å². The van der Waals surface area contributed by atoms with Gasteiger partial charge in [0, 0.05) is 13.2 Å². The Morgan fingerprint density at radius 1 is 1.80 bits per heavy atom. The third kappa shape index (κ3) is 2.96. The summed E-state index contributed by atoms with van der Waals surface area (Å²) in [5.41, 5.74) is 5.33. The van der Waals surface area contributed by atoms with Crippen molar-refractivity contribution < 1.29 is 9.53 Å². The number of nitrogens with one attached hydrogen (secondary N) is 1. The van der Waals surface area contributed by atoms with Crippen molar-refractivity contribution in [3.63, 3.8) is 0 Å². The van der Waals surface area contributed by atoms with E-state index in [4.69, 9.17) is 5.73 Å². The van der Waals surface area contributed by atoms with Crippen molar-refractivity contribution in [1.82, 2.24) is 5.32 Å². The molecule has 0 heterocycles. The first-order valence-corrected chi connectivity index (χ1v) is 3.02. The van der Waals surface area contributed by atoms with E-state index in [1.807, 2.05) is 0 Å². The molecule has 3 N–H and O–H groups in total. The summed E-state index contributed by atoms with van der Waals surface area (Å²) in [6.45, 7) is 2.07. The first kappa shape index (κ1) is 8.81. The Kier molecular flexibility index (Phi) is 4.11. The second kappa shape index (κ2) is 4.67. The molecule has 0 unspecified atom stereocenters. The van der Waals surface area contributed by atoms with Crippen molar-refractivity contribution >= 4 is 5.97 Å². The molecule has 4 heteroatoms. The number of carbonyl (C=O) groups excluding carboxylic acids is 1. The van der Waals surface area contributed by atoms with Gasteiger partial charge in [0.2, 0.25) is 0 Å². The lowest BCUT2D eigenvalue weighted by Crippen LogP contribution is -2.17. The molecule has 10 heavy (non-hydrogen) atoms. The molecule has 0 rings (SSSR count). The normalized spacial score (nSPS) is 10.8. The fourth-order valence-corrected chi connectivity index (χ4v) is 0.429. The summed E-state index contributed by atoms with van der Waals surface area (Å²) >= 11 is 0. The molecular weight excluding hydrogens is 132 g/mol. The molecule has 0 fully saturated rings. The Balaban J connectivity index is 3.82. The van der Waals surface area contributed by atoms with E-state index < -0.39 is 5.97 Å². The molecule has 0 aromatic heterocycles. The Hall–Kier alpha value is -1.19. The molecule has 58 valence electrons. The smallest absolute Gasteiger partial charge is 0.355 e. The first-order valence-electron chi connectivity index (χ1n) is 3.02. The van der Waals surface area contributed by atoms with Crippen LogP contribution in [0.15, 0.2) is 11.9 Å². The van der Waals surface area contributed by atoms with Gasteiger partial charge >= 0.3 is 5.97 Å². The van der Waals surface area contributed by atoms with E-state index in [1.54, 1.807) is 14.0 Å². The quantitative estimate of drug-likeness (QED) is 0.416. The minimum absolute atomic E-state index is 0.0874. The molecule has 0 aromatic carbocycles. The van der Waals surface area contributed by atoms with Crippen LogP contribution >= 0.6 is 0 Å². The van der Waals surface area contributed by atoms with Gasteiger partial charge in [-0.05, 0) is 6.92 Å². The predicted molar refractivity (Wildman–Crippen MR) is 38.0 cm³/mol. The SMILES string of the molecule is CCOC(=O)/C(N)=C/NC. The molecule has 0 aliphatic carbocycles. The number of carbonyl (C=O) groups is 1. The maximum Gasteiger partial charge on any atom is 0.355 e. The Morgan fingerprint density at radius 2 is 2.40 bits per heavy atom. The van der Waals surface area contributed by atoms with Gasteiger partial charge in [0.1, 0.15) is 5.70 Å². The van der Waals surface area contributed by atoms with Gasteiger partial charge in [0.15, 0.2) is 0 Å². The third-order valence-corrected chi connectivity index (χ3v) is 0.811. The molecule has 0 atom stereocenters. The zero-order chi connectivity index (χ0) is 7.98. The van der Waals surface area contributed by atoms with Crippen LogP contribution in [0.4, 0.5) is 0 Å². The van der Waals surface area contributed by atoms with Gasteiger partial charge in [0.25, 0.3) is 0 Å². The maximum absolute atomic E-state index is 10.7. The van der Waals surface area contributed by atoms with E-state index in [0.717, 1.165) is 0 Å². The van der Waals surface area contributed by atoms with Crippen LogP contribution in [0.25, 0.3) is 0 Å². The van der Waals surface area contributed by atoms with Crippen molar-refractivity contribution in [2.45, 2.75) is 6.92 Å². The average molecular weight is 144 g/mol. The fourth-order valence-electron chi connectivity index (χ4n) is 0.429. The number of esters is 1. The Morgan fingerprint density at radius 3 is 2.80 bits per heavy atom.